The molecule has 0 aliphatic rings. The summed E-state index contributed by atoms with van der Waals surface area (Å²) < 4.78 is 0. The van der Waals surface area contributed by atoms with E-state index in [4.69, 9.17) is 0 Å². The maximum atomic E-state index is 10.3. The van der Waals surface area contributed by atoms with Gasteiger partial charge < -0.3 is 0 Å². The van der Waals surface area contributed by atoms with Crippen LogP contribution in [0.25, 0.3) is 0 Å². The smallest absolute Gasteiger partial charge is 0.225 e. The summed E-state index contributed by atoms with van der Waals surface area (Å²) in [5.74, 6) is -1.35. The minimum Gasteiger partial charge on any atom is -0.286 e. The van der Waals surface area contributed by atoms with E-state index in [2.05, 4.69) is 0 Å². The van der Waals surface area contributed by atoms with Crippen LogP contribution in [0.1, 0.15) is 41.5 Å². The molecule has 9 nitrogen and oxygen atoms in total. The van der Waals surface area contributed by atoms with E-state index in [9.17, 15) is 28.8 Å². The number of imide groups is 3. The molecule has 0 aliphatic heterocycles. The molecule has 9 heteroatoms. The maximum Gasteiger partial charge on any atom is 0.225 e. The summed E-state index contributed by atoms with van der Waals surface area (Å²) in [6.45, 7) is 8.09. The molecule has 0 aromatic rings. The second-order valence-electron chi connectivity index (χ2n) is 4.79. The third kappa shape index (κ3) is 14.4. The van der Waals surface area contributed by atoms with E-state index in [-0.39, 0.29) is 35.4 Å². The van der Waals surface area contributed by atoms with Crippen molar-refractivity contribution in [2.45, 2.75) is 41.5 Å². The van der Waals surface area contributed by atoms with Crippen LogP contribution in [-0.4, -0.2) is 71.3 Å². The van der Waals surface area contributed by atoms with Crippen LogP contribution in [0.15, 0.2) is 0 Å². The maximum absolute atomic E-state index is 10.3. The van der Waals surface area contributed by atoms with E-state index in [1.807, 2.05) is 0 Å². The van der Waals surface area contributed by atoms with Gasteiger partial charge in [0, 0.05) is 62.7 Å². The van der Waals surface area contributed by atoms with E-state index < -0.39 is 0 Å². The molecule has 0 spiro atoms. The van der Waals surface area contributed by atoms with Gasteiger partial charge in [0.2, 0.25) is 35.4 Å². The Morgan fingerprint density at radius 2 is 0.458 bits per heavy atom. The van der Waals surface area contributed by atoms with E-state index in [1.54, 1.807) is 0 Å². The molecular formula is C15H27N3O6. The molecule has 0 atom stereocenters. The largest absolute Gasteiger partial charge is 0.286 e. The standard InChI is InChI=1S/3C5H9NO2/c3*1-4(7)6(3)5(2)8/h3*1-3H3. The topological polar surface area (TPSA) is 112 Å². The summed E-state index contributed by atoms with van der Waals surface area (Å²) in [6, 6.07) is 0. The fraction of sp³-hybridized carbons (Fsp3) is 0.600. The van der Waals surface area contributed by atoms with Gasteiger partial charge in [-0.05, 0) is 0 Å². The number of carbonyl (C=O) groups is 6. The Kier molecular flexibility index (Phi) is 14.2. The van der Waals surface area contributed by atoms with Crippen LogP contribution in [0.2, 0.25) is 0 Å². The van der Waals surface area contributed by atoms with Crippen molar-refractivity contribution in [2.75, 3.05) is 21.1 Å². The Morgan fingerprint density at radius 1 is 0.375 bits per heavy atom. The highest BCUT2D eigenvalue weighted by Gasteiger charge is 2.05. The summed E-state index contributed by atoms with van der Waals surface area (Å²) in [7, 11) is 4.35. The first-order valence-corrected chi connectivity index (χ1v) is 6.91. The monoisotopic (exact) mass is 345 g/mol. The van der Waals surface area contributed by atoms with Crippen molar-refractivity contribution < 1.29 is 28.8 Å². The molecule has 0 heterocycles. The molecule has 0 saturated heterocycles. The molecule has 6 amide bonds. The first-order chi connectivity index (χ1) is 10.7. The minimum atomic E-state index is -0.225. The number of nitrogens with zero attached hydrogens (tertiary/aromatic N) is 3. The Bertz CT molecular complexity index is 388. The number of hydrogen-bond donors (Lipinski definition) is 0. The average Bonchev–Trinajstić information content (AvgIpc) is 2.45. The summed E-state index contributed by atoms with van der Waals surface area (Å²) in [5.41, 5.74) is 0. The van der Waals surface area contributed by atoms with E-state index in [0.29, 0.717) is 0 Å². The minimum absolute atomic E-state index is 0.225. The summed E-state index contributed by atoms with van der Waals surface area (Å²) in [5, 5.41) is 0. The van der Waals surface area contributed by atoms with Gasteiger partial charge in [0.1, 0.15) is 0 Å². The molecular weight excluding hydrogens is 318 g/mol. The van der Waals surface area contributed by atoms with Crippen molar-refractivity contribution >= 4 is 35.4 Å². The highest BCUT2D eigenvalue weighted by Crippen LogP contribution is 1.82. The van der Waals surface area contributed by atoms with Gasteiger partial charge >= 0.3 is 0 Å². The molecule has 0 aromatic carbocycles. The molecule has 138 valence electrons. The van der Waals surface area contributed by atoms with Crippen LogP contribution >= 0.6 is 0 Å². The molecule has 0 fully saturated rings. The second kappa shape index (κ2) is 12.9. The van der Waals surface area contributed by atoms with Gasteiger partial charge in [0.25, 0.3) is 0 Å². The van der Waals surface area contributed by atoms with Gasteiger partial charge in [-0.25, -0.2) is 0 Å². The molecule has 0 rings (SSSR count). The first kappa shape index (κ1) is 26.3. The molecule has 0 N–H and O–H groups in total. The highest BCUT2D eigenvalue weighted by molar-refractivity contribution is 5.93. The third-order valence-corrected chi connectivity index (χ3v) is 2.83. The number of hydrogen-bond acceptors (Lipinski definition) is 6. The van der Waals surface area contributed by atoms with Crippen molar-refractivity contribution in [3.8, 4) is 0 Å². The lowest BCUT2D eigenvalue weighted by Gasteiger charge is -2.07. The van der Waals surface area contributed by atoms with Crippen LogP contribution in [-0.2, 0) is 28.8 Å². The summed E-state index contributed by atoms with van der Waals surface area (Å²) in [6.07, 6.45) is 0. The van der Waals surface area contributed by atoms with Crippen LogP contribution in [0.3, 0.4) is 0 Å². The lowest BCUT2D eigenvalue weighted by atomic mass is 10.5. The lowest BCUT2D eigenvalue weighted by Crippen LogP contribution is -2.28. The van der Waals surface area contributed by atoms with Gasteiger partial charge in [0.05, 0.1) is 0 Å². The molecule has 0 saturated carbocycles. The molecule has 0 bridgehead atoms. The second-order valence-corrected chi connectivity index (χ2v) is 4.79. The van der Waals surface area contributed by atoms with Crippen LogP contribution in [0, 0.1) is 0 Å². The normalized spacial score (nSPS) is 8.38. The Labute approximate surface area is 142 Å². The zero-order chi connectivity index (χ0) is 20.2. The number of rotatable bonds is 0. The van der Waals surface area contributed by atoms with Crippen LogP contribution in [0.4, 0.5) is 0 Å². The van der Waals surface area contributed by atoms with Gasteiger partial charge in [-0.15, -0.1) is 0 Å². The van der Waals surface area contributed by atoms with E-state index in [1.165, 1.54) is 62.7 Å². The zero-order valence-electron chi connectivity index (χ0n) is 15.8. The predicted molar refractivity (Wildman–Crippen MR) is 87.4 cm³/mol. The number of carbonyl (C=O) groups excluding carboxylic acids is 6. The fourth-order valence-corrected chi connectivity index (χ4v) is 0.665. The summed E-state index contributed by atoms with van der Waals surface area (Å²) in [4.78, 5) is 64.9. The van der Waals surface area contributed by atoms with E-state index >= 15 is 0 Å². The number of amides is 6. The molecule has 0 aliphatic carbocycles. The van der Waals surface area contributed by atoms with Gasteiger partial charge in [-0.3, -0.25) is 43.5 Å². The average molecular weight is 345 g/mol. The molecule has 0 aromatic heterocycles. The van der Waals surface area contributed by atoms with E-state index in [0.717, 1.165) is 14.7 Å². The van der Waals surface area contributed by atoms with Gasteiger partial charge in [0.15, 0.2) is 0 Å². The van der Waals surface area contributed by atoms with Crippen LogP contribution in [0.5, 0.6) is 0 Å². The Hall–Kier alpha value is -2.58. The summed E-state index contributed by atoms with van der Waals surface area (Å²) >= 11 is 0. The Balaban J connectivity index is -0.000000276. The molecule has 24 heavy (non-hydrogen) atoms. The Morgan fingerprint density at radius 3 is 0.458 bits per heavy atom. The zero-order valence-corrected chi connectivity index (χ0v) is 15.8. The van der Waals surface area contributed by atoms with Crippen molar-refractivity contribution in [3.63, 3.8) is 0 Å². The third-order valence-electron chi connectivity index (χ3n) is 2.83. The highest BCUT2D eigenvalue weighted by atomic mass is 16.2. The van der Waals surface area contributed by atoms with Crippen molar-refractivity contribution in [1.29, 1.82) is 0 Å². The van der Waals surface area contributed by atoms with Gasteiger partial charge in [-0.1, -0.05) is 0 Å². The van der Waals surface area contributed by atoms with Crippen molar-refractivity contribution in [2.24, 2.45) is 0 Å². The molecule has 0 unspecified atom stereocenters. The predicted octanol–water partition coefficient (Wildman–Crippen LogP) is 0.0336. The lowest BCUT2D eigenvalue weighted by molar-refractivity contribution is -0.141. The van der Waals surface area contributed by atoms with Crippen molar-refractivity contribution in [1.82, 2.24) is 14.7 Å². The first-order valence-electron chi connectivity index (χ1n) is 6.91. The quantitative estimate of drug-likeness (QED) is 0.612. The fourth-order valence-electron chi connectivity index (χ4n) is 0.665. The van der Waals surface area contributed by atoms with Crippen LogP contribution < -0.4 is 0 Å². The van der Waals surface area contributed by atoms with Gasteiger partial charge in [-0.2, -0.15) is 0 Å². The SMILES string of the molecule is CC(=O)N(C)C(C)=O.CC(=O)N(C)C(C)=O.CC(=O)N(C)C(C)=O. The van der Waals surface area contributed by atoms with Crippen molar-refractivity contribution in [3.05, 3.63) is 0 Å². The molecule has 0 radical (unpaired) electrons.